The minimum Gasteiger partial charge on any atom is -0.497 e. The van der Waals surface area contributed by atoms with Gasteiger partial charge in [-0.1, -0.05) is 15.9 Å². The van der Waals surface area contributed by atoms with E-state index >= 15 is 0 Å². The van der Waals surface area contributed by atoms with Gasteiger partial charge < -0.3 is 10.1 Å². The molecule has 0 heterocycles. The summed E-state index contributed by atoms with van der Waals surface area (Å²) in [5, 5.41) is 14.0. The van der Waals surface area contributed by atoms with Crippen molar-refractivity contribution in [3.8, 4) is 5.75 Å². The van der Waals surface area contributed by atoms with Gasteiger partial charge in [0, 0.05) is 22.8 Å². The van der Waals surface area contributed by atoms with Crippen LogP contribution in [0.1, 0.15) is 5.56 Å². The second-order valence-electron chi connectivity index (χ2n) is 4.23. The summed E-state index contributed by atoms with van der Waals surface area (Å²) >= 11 is 6.68. The fraction of sp³-hybridized carbons (Fsp3) is 0.143. The van der Waals surface area contributed by atoms with Gasteiger partial charge in [-0.05, 0) is 51.8 Å². The van der Waals surface area contributed by atoms with Gasteiger partial charge in [0.1, 0.15) is 5.75 Å². The molecule has 2 aromatic carbocycles. The number of hydrogen-bond acceptors (Lipinski definition) is 4. The quantitative estimate of drug-likeness (QED) is 0.565. The summed E-state index contributed by atoms with van der Waals surface area (Å²) in [5.74, 6) is 0.778. The Balaban J connectivity index is 2.13. The third-order valence-corrected chi connectivity index (χ3v) is 4.29. The van der Waals surface area contributed by atoms with Crippen molar-refractivity contribution in [1.82, 2.24) is 0 Å². The minimum atomic E-state index is -0.424. The zero-order valence-electron chi connectivity index (χ0n) is 11.1. The highest BCUT2D eigenvalue weighted by Gasteiger charge is 2.11. The third-order valence-electron chi connectivity index (χ3n) is 2.88. The molecular formula is C14H12Br2N2O3. The van der Waals surface area contributed by atoms with Crippen LogP contribution in [0.5, 0.6) is 5.75 Å². The number of nitrogens with one attached hydrogen (secondary N) is 1. The van der Waals surface area contributed by atoms with Crippen molar-refractivity contribution in [2.75, 3.05) is 12.4 Å². The summed E-state index contributed by atoms with van der Waals surface area (Å²) in [5.41, 5.74) is 1.87. The van der Waals surface area contributed by atoms with E-state index in [9.17, 15) is 10.1 Å². The van der Waals surface area contributed by atoms with Crippen molar-refractivity contribution in [1.29, 1.82) is 0 Å². The molecule has 0 bridgehead atoms. The number of anilines is 1. The average molecular weight is 416 g/mol. The molecule has 0 amide bonds. The highest BCUT2D eigenvalue weighted by atomic mass is 79.9. The van der Waals surface area contributed by atoms with Crippen LogP contribution in [0, 0.1) is 10.1 Å². The largest absolute Gasteiger partial charge is 0.497 e. The molecule has 0 atom stereocenters. The van der Waals surface area contributed by atoms with Gasteiger partial charge in [-0.3, -0.25) is 10.1 Å². The number of nitrogens with zero attached hydrogens (tertiary/aromatic N) is 1. The summed E-state index contributed by atoms with van der Waals surface area (Å²) in [6.07, 6.45) is 0. The molecule has 5 nitrogen and oxygen atoms in total. The normalized spacial score (nSPS) is 10.2. The van der Waals surface area contributed by atoms with E-state index in [0.717, 1.165) is 21.5 Å². The van der Waals surface area contributed by atoms with E-state index in [2.05, 4.69) is 37.2 Å². The van der Waals surface area contributed by atoms with E-state index in [1.807, 2.05) is 18.2 Å². The molecular weight excluding hydrogens is 404 g/mol. The van der Waals surface area contributed by atoms with Crippen molar-refractivity contribution in [3.05, 3.63) is 61.0 Å². The molecule has 0 aliphatic carbocycles. The fourth-order valence-corrected chi connectivity index (χ4v) is 2.69. The second-order valence-corrected chi connectivity index (χ2v) is 5.94. The maximum Gasteiger partial charge on any atom is 0.283 e. The summed E-state index contributed by atoms with van der Waals surface area (Å²) in [7, 11) is 1.62. The van der Waals surface area contributed by atoms with Crippen molar-refractivity contribution >= 4 is 43.2 Å². The molecule has 0 unspecified atom stereocenters. The molecule has 2 rings (SSSR count). The maximum atomic E-state index is 10.8. The second kappa shape index (κ2) is 6.91. The van der Waals surface area contributed by atoms with Gasteiger partial charge in [0.15, 0.2) is 0 Å². The Labute approximate surface area is 138 Å². The van der Waals surface area contributed by atoms with E-state index < -0.39 is 4.92 Å². The third kappa shape index (κ3) is 3.95. The van der Waals surface area contributed by atoms with Gasteiger partial charge in [-0.2, -0.15) is 0 Å². The van der Waals surface area contributed by atoms with Gasteiger partial charge in [-0.15, -0.1) is 0 Å². The standard InChI is InChI=1S/C14H12Br2N2O3/c1-21-11-3-4-12(15)9(6-11)8-17-10-2-5-14(18(19)20)13(16)7-10/h2-7,17H,8H2,1H3. The molecule has 7 heteroatoms. The van der Waals surface area contributed by atoms with Crippen LogP contribution >= 0.6 is 31.9 Å². The van der Waals surface area contributed by atoms with Gasteiger partial charge in [0.05, 0.1) is 16.5 Å². The van der Waals surface area contributed by atoms with E-state index in [1.54, 1.807) is 19.2 Å². The van der Waals surface area contributed by atoms with E-state index in [-0.39, 0.29) is 5.69 Å². The zero-order chi connectivity index (χ0) is 15.4. The number of nitro groups is 1. The van der Waals surface area contributed by atoms with Crippen LogP contribution in [0.3, 0.4) is 0 Å². The van der Waals surface area contributed by atoms with E-state index in [0.29, 0.717) is 11.0 Å². The highest BCUT2D eigenvalue weighted by Crippen LogP contribution is 2.29. The first-order valence-electron chi connectivity index (χ1n) is 6.01. The number of benzene rings is 2. The van der Waals surface area contributed by atoms with Crippen LogP contribution in [-0.4, -0.2) is 12.0 Å². The van der Waals surface area contributed by atoms with Crippen LogP contribution < -0.4 is 10.1 Å². The molecule has 110 valence electrons. The summed E-state index contributed by atoms with van der Waals surface area (Å²) in [4.78, 5) is 10.3. The first kappa shape index (κ1) is 15.8. The van der Waals surface area contributed by atoms with Gasteiger partial charge in [0.2, 0.25) is 0 Å². The van der Waals surface area contributed by atoms with Crippen molar-refractivity contribution < 1.29 is 9.66 Å². The molecule has 2 aromatic rings. The van der Waals surface area contributed by atoms with Crippen LogP contribution in [0.25, 0.3) is 0 Å². The Hall–Kier alpha value is -1.60. The Morgan fingerprint density at radius 3 is 2.57 bits per heavy atom. The molecule has 0 saturated heterocycles. The molecule has 21 heavy (non-hydrogen) atoms. The Kier molecular flexibility index (Phi) is 5.19. The molecule has 0 aliphatic heterocycles. The zero-order valence-corrected chi connectivity index (χ0v) is 14.3. The van der Waals surface area contributed by atoms with Crippen LogP contribution in [0.15, 0.2) is 45.3 Å². The molecule has 0 aromatic heterocycles. The maximum absolute atomic E-state index is 10.8. The number of hydrogen-bond donors (Lipinski definition) is 1. The lowest BCUT2D eigenvalue weighted by Crippen LogP contribution is -2.01. The Morgan fingerprint density at radius 1 is 1.19 bits per heavy atom. The van der Waals surface area contributed by atoms with Crippen molar-refractivity contribution in [2.45, 2.75) is 6.54 Å². The summed E-state index contributed by atoms with van der Waals surface area (Å²) in [6.45, 7) is 0.571. The highest BCUT2D eigenvalue weighted by molar-refractivity contribution is 9.10. The monoisotopic (exact) mass is 414 g/mol. The number of ether oxygens (including phenoxy) is 1. The lowest BCUT2D eigenvalue weighted by Gasteiger charge is -2.10. The topological polar surface area (TPSA) is 64.4 Å². The number of halogens is 2. The lowest BCUT2D eigenvalue weighted by molar-refractivity contribution is -0.385. The Bertz CT molecular complexity index is 677. The Morgan fingerprint density at radius 2 is 1.95 bits per heavy atom. The van der Waals surface area contributed by atoms with Gasteiger partial charge >= 0.3 is 0 Å². The van der Waals surface area contributed by atoms with Crippen molar-refractivity contribution in [2.24, 2.45) is 0 Å². The number of methoxy groups -OCH3 is 1. The number of nitro benzene ring substituents is 1. The molecule has 0 aliphatic rings. The van der Waals surface area contributed by atoms with Crippen LogP contribution in [-0.2, 0) is 6.54 Å². The lowest BCUT2D eigenvalue weighted by atomic mass is 10.2. The van der Waals surface area contributed by atoms with E-state index in [1.165, 1.54) is 6.07 Å². The predicted octanol–water partition coefficient (Wildman–Crippen LogP) is 4.74. The van der Waals surface area contributed by atoms with Crippen LogP contribution in [0.2, 0.25) is 0 Å². The smallest absolute Gasteiger partial charge is 0.283 e. The van der Waals surface area contributed by atoms with Crippen molar-refractivity contribution in [3.63, 3.8) is 0 Å². The SMILES string of the molecule is COc1ccc(Br)c(CNc2ccc([N+](=O)[O-])c(Br)c2)c1. The van der Waals surface area contributed by atoms with Gasteiger partial charge in [-0.25, -0.2) is 0 Å². The number of rotatable bonds is 5. The van der Waals surface area contributed by atoms with Crippen LogP contribution in [0.4, 0.5) is 11.4 Å². The fourth-order valence-electron chi connectivity index (χ4n) is 1.78. The summed E-state index contributed by atoms with van der Waals surface area (Å²) < 4.78 is 6.61. The molecule has 0 fully saturated rings. The first-order valence-corrected chi connectivity index (χ1v) is 7.60. The average Bonchev–Trinajstić information content (AvgIpc) is 2.46. The molecule has 0 spiro atoms. The predicted molar refractivity (Wildman–Crippen MR) is 88.8 cm³/mol. The molecule has 0 saturated carbocycles. The molecule has 1 N–H and O–H groups in total. The van der Waals surface area contributed by atoms with Gasteiger partial charge in [0.25, 0.3) is 5.69 Å². The first-order chi connectivity index (χ1) is 10.0. The minimum absolute atomic E-state index is 0.0445. The molecule has 0 radical (unpaired) electrons. The summed E-state index contributed by atoms with van der Waals surface area (Å²) in [6, 6.07) is 10.5. The van der Waals surface area contributed by atoms with E-state index in [4.69, 9.17) is 4.74 Å².